The molecule has 0 aliphatic carbocycles. The van der Waals surface area contributed by atoms with Crippen LogP contribution >= 0.6 is 0 Å². The van der Waals surface area contributed by atoms with Gasteiger partial charge in [0.2, 0.25) is 5.69 Å². The van der Waals surface area contributed by atoms with Crippen LogP contribution in [0.5, 0.6) is 0 Å². The molecule has 6 rings (SSSR count). The van der Waals surface area contributed by atoms with Gasteiger partial charge in [-0.3, -0.25) is 9.11 Å². The Bertz CT molecular complexity index is 2420. The second kappa shape index (κ2) is 15.2. The van der Waals surface area contributed by atoms with Gasteiger partial charge < -0.3 is 4.90 Å². The van der Waals surface area contributed by atoms with Crippen LogP contribution in [0.15, 0.2) is 121 Å². The second-order valence-electron chi connectivity index (χ2n) is 15.0. The molecular weight excluding hydrogens is 705 g/mol. The number of allylic oxidation sites excluding steroid dienone is 8. The monoisotopic (exact) mass is 753 g/mol. The van der Waals surface area contributed by atoms with Gasteiger partial charge in [-0.1, -0.05) is 111 Å². The number of unbranched alkanes of at least 4 members (excludes halogenated alkanes) is 2. The molecule has 0 spiro atoms. The van der Waals surface area contributed by atoms with E-state index in [9.17, 15) is 25.9 Å². The normalized spacial score (nSPS) is 17.8. The predicted molar refractivity (Wildman–Crippen MR) is 218 cm³/mol. The molecule has 2 N–H and O–H groups in total. The van der Waals surface area contributed by atoms with Crippen LogP contribution in [-0.4, -0.2) is 60.8 Å². The zero-order valence-electron chi connectivity index (χ0n) is 30.9. The Labute approximate surface area is 314 Å². The molecule has 0 unspecified atom stereocenters. The van der Waals surface area contributed by atoms with E-state index in [2.05, 4.69) is 97.9 Å². The molecular formula is C43H49N2O6S2+. The van der Waals surface area contributed by atoms with Gasteiger partial charge >= 0.3 is 0 Å². The molecule has 0 atom stereocenters. The minimum Gasteiger partial charge on any atom is -0.343 e. The summed E-state index contributed by atoms with van der Waals surface area (Å²) < 4.78 is 66.5. The number of hydrogen-bond acceptors (Lipinski definition) is 5. The summed E-state index contributed by atoms with van der Waals surface area (Å²) in [6, 6.07) is 25.3. The van der Waals surface area contributed by atoms with Gasteiger partial charge in [-0.05, 0) is 61.6 Å². The first kappa shape index (κ1) is 38.4. The number of hydrogen-bond donors (Lipinski definition) is 2. The fourth-order valence-corrected chi connectivity index (χ4v) is 9.09. The molecule has 0 amide bonds. The van der Waals surface area contributed by atoms with E-state index in [0.29, 0.717) is 38.8 Å². The Morgan fingerprint density at radius 2 is 1.21 bits per heavy atom. The van der Waals surface area contributed by atoms with Crippen LogP contribution < -0.4 is 4.90 Å². The van der Waals surface area contributed by atoms with Crippen molar-refractivity contribution in [3.63, 3.8) is 0 Å². The van der Waals surface area contributed by atoms with Crippen LogP contribution in [-0.2, 0) is 31.1 Å². The Morgan fingerprint density at radius 1 is 0.642 bits per heavy atom. The van der Waals surface area contributed by atoms with E-state index in [4.69, 9.17) is 0 Å². The Balaban J connectivity index is 1.26. The summed E-state index contributed by atoms with van der Waals surface area (Å²) in [5, 5.41) is 4.60. The third kappa shape index (κ3) is 8.26. The Kier molecular flexibility index (Phi) is 11.0. The summed E-state index contributed by atoms with van der Waals surface area (Å²) in [5.74, 6) is -0.511. The summed E-state index contributed by atoms with van der Waals surface area (Å²) >= 11 is 0. The van der Waals surface area contributed by atoms with Gasteiger partial charge in [-0.25, -0.2) is 0 Å². The molecule has 278 valence electrons. The average molecular weight is 754 g/mol. The van der Waals surface area contributed by atoms with Crippen molar-refractivity contribution in [2.75, 3.05) is 29.5 Å². The molecule has 0 fully saturated rings. The smallest absolute Gasteiger partial charge is 0.264 e. The molecule has 0 saturated heterocycles. The van der Waals surface area contributed by atoms with Crippen LogP contribution in [0, 0.1) is 0 Å². The maximum atomic E-state index is 11.4. The molecule has 2 aliphatic heterocycles. The lowest BCUT2D eigenvalue weighted by atomic mass is 9.80. The van der Waals surface area contributed by atoms with Gasteiger partial charge in [0.25, 0.3) is 20.2 Å². The lowest BCUT2D eigenvalue weighted by Gasteiger charge is -2.27. The fraction of sp³-hybridized carbons (Fsp3) is 0.326. The highest BCUT2D eigenvalue weighted by atomic mass is 32.2. The van der Waals surface area contributed by atoms with E-state index in [-0.39, 0.29) is 22.3 Å². The molecule has 2 heterocycles. The Hall–Kier alpha value is -4.35. The van der Waals surface area contributed by atoms with Gasteiger partial charge in [0.05, 0.1) is 28.0 Å². The van der Waals surface area contributed by atoms with Crippen molar-refractivity contribution >= 4 is 58.9 Å². The summed E-state index contributed by atoms with van der Waals surface area (Å²) in [6.07, 6.45) is 16.3. The van der Waals surface area contributed by atoms with Gasteiger partial charge in [0, 0.05) is 41.1 Å². The summed E-state index contributed by atoms with van der Waals surface area (Å²) in [5.41, 5.74) is 6.39. The van der Waals surface area contributed by atoms with Gasteiger partial charge in [0.15, 0.2) is 5.71 Å². The summed E-state index contributed by atoms with van der Waals surface area (Å²) in [7, 11) is -8.03. The minimum absolute atomic E-state index is 0.255. The van der Waals surface area contributed by atoms with Crippen molar-refractivity contribution in [2.24, 2.45) is 0 Å². The van der Waals surface area contributed by atoms with Gasteiger partial charge in [-0.15, -0.1) is 0 Å². The van der Waals surface area contributed by atoms with Crippen LogP contribution in [0.1, 0.15) is 64.5 Å². The van der Waals surface area contributed by atoms with E-state index in [0.717, 1.165) is 44.3 Å². The maximum Gasteiger partial charge on any atom is 0.264 e. The topological polar surface area (TPSA) is 115 Å². The molecule has 0 radical (unpaired) electrons. The number of anilines is 1. The molecule has 0 saturated carbocycles. The lowest BCUT2D eigenvalue weighted by molar-refractivity contribution is -0.436. The predicted octanol–water partition coefficient (Wildman–Crippen LogP) is 9.06. The van der Waals surface area contributed by atoms with Crippen molar-refractivity contribution in [3.8, 4) is 0 Å². The molecule has 0 aromatic heterocycles. The van der Waals surface area contributed by atoms with E-state index >= 15 is 0 Å². The number of fused-ring (bicyclic) bond motifs is 6. The van der Waals surface area contributed by atoms with Crippen molar-refractivity contribution in [1.29, 1.82) is 0 Å². The highest BCUT2D eigenvalue weighted by molar-refractivity contribution is 7.86. The van der Waals surface area contributed by atoms with E-state index in [1.54, 1.807) is 0 Å². The van der Waals surface area contributed by atoms with Gasteiger partial charge in [-0.2, -0.15) is 21.4 Å². The van der Waals surface area contributed by atoms with E-state index in [1.165, 1.54) is 11.1 Å². The lowest BCUT2D eigenvalue weighted by Crippen LogP contribution is -2.28. The third-order valence-corrected chi connectivity index (χ3v) is 12.2. The minimum atomic E-state index is -4.02. The molecule has 4 aromatic rings. The first-order valence-corrected chi connectivity index (χ1v) is 21.4. The van der Waals surface area contributed by atoms with Crippen LogP contribution in [0.2, 0.25) is 0 Å². The molecule has 8 nitrogen and oxygen atoms in total. The largest absolute Gasteiger partial charge is 0.343 e. The van der Waals surface area contributed by atoms with Gasteiger partial charge in [0.1, 0.15) is 6.54 Å². The highest BCUT2D eigenvalue weighted by Gasteiger charge is 2.45. The van der Waals surface area contributed by atoms with Crippen molar-refractivity contribution in [3.05, 3.63) is 132 Å². The number of nitrogens with zero attached hydrogens (tertiary/aromatic N) is 2. The highest BCUT2D eigenvalue weighted by Crippen LogP contribution is 2.51. The standard InChI is InChI=1S/C43H48N2O6S2/c1-42(2)36-26-24-32-18-10-12-20-34(32)40(36)44(28-14-16-30-52(46,47)48)38(42)22-8-6-5-7-9-23-39-43(3,4)37-27-25-33-19-11-13-21-35(33)41(37)45(39)29-15-17-31-53(49,50)51/h5-13,18-27H,14-17,28-31H2,1-4H3,(H-,46,47,48,49,50,51)/p+1. The zero-order valence-corrected chi connectivity index (χ0v) is 32.5. The quantitative estimate of drug-likeness (QED) is 0.0572. The molecule has 2 aliphatic rings. The fourth-order valence-electron chi connectivity index (χ4n) is 7.95. The van der Waals surface area contributed by atoms with Crippen molar-refractivity contribution in [2.45, 2.75) is 64.2 Å². The average Bonchev–Trinajstić information content (AvgIpc) is 3.45. The SMILES string of the molecule is CC1(C)C(/C=C/C=C/C=C/C=C2/N(CCCCS(=O)(=O)O)c3c(ccc4ccccc34)C2(C)C)=[N+](CCCCS(=O)(=O)O)c2c1ccc1ccccc21. The summed E-state index contributed by atoms with van der Waals surface area (Å²) in [4.78, 5) is 2.31. The number of rotatable bonds is 14. The van der Waals surface area contributed by atoms with Crippen molar-refractivity contribution < 1.29 is 30.5 Å². The second-order valence-corrected chi connectivity index (χ2v) is 18.1. The first-order chi connectivity index (χ1) is 25.1. The molecule has 10 heteroatoms. The van der Waals surface area contributed by atoms with Crippen LogP contribution in [0.3, 0.4) is 0 Å². The van der Waals surface area contributed by atoms with E-state index in [1.807, 2.05) is 54.6 Å². The van der Waals surface area contributed by atoms with E-state index < -0.39 is 20.2 Å². The Morgan fingerprint density at radius 3 is 1.89 bits per heavy atom. The molecule has 4 aromatic carbocycles. The first-order valence-electron chi connectivity index (χ1n) is 18.2. The van der Waals surface area contributed by atoms with Crippen LogP contribution in [0.4, 0.5) is 11.4 Å². The van der Waals surface area contributed by atoms with Crippen LogP contribution in [0.25, 0.3) is 21.5 Å². The molecule has 0 bridgehead atoms. The maximum absolute atomic E-state index is 11.4. The number of benzene rings is 4. The molecule has 53 heavy (non-hydrogen) atoms. The third-order valence-electron chi connectivity index (χ3n) is 10.6. The summed E-state index contributed by atoms with van der Waals surface area (Å²) in [6.45, 7) is 10.1. The van der Waals surface area contributed by atoms with Crippen molar-refractivity contribution in [1.82, 2.24) is 0 Å². The zero-order chi connectivity index (χ0) is 38.0.